The van der Waals surface area contributed by atoms with Gasteiger partial charge in [-0.1, -0.05) is 42.5 Å². The molecule has 33 heavy (non-hydrogen) atoms. The number of oxazole rings is 1. The third-order valence-corrected chi connectivity index (χ3v) is 5.25. The van der Waals surface area contributed by atoms with Crippen molar-refractivity contribution in [3.05, 3.63) is 94.5 Å². The maximum Gasteiger partial charge on any atom is 0.419 e. The molecule has 0 saturated heterocycles. The predicted molar refractivity (Wildman–Crippen MR) is 125 cm³/mol. The number of nitrogens with one attached hydrogen (secondary N) is 1. The minimum Gasteiger partial charge on any atom is -0.489 e. The van der Waals surface area contributed by atoms with Crippen LogP contribution in [0.1, 0.15) is 24.0 Å². The molecule has 0 aliphatic carbocycles. The fraction of sp³-hybridized carbons (Fsp3) is 0.192. The van der Waals surface area contributed by atoms with Crippen molar-refractivity contribution in [1.29, 1.82) is 5.26 Å². The van der Waals surface area contributed by atoms with Gasteiger partial charge in [0.25, 0.3) is 0 Å². The van der Waals surface area contributed by atoms with Gasteiger partial charge >= 0.3 is 5.76 Å². The standard InChI is InChI=1S/C26H23N3O4/c27-16-15-19-11-13-21(14-12-19)32-18-20-6-1-2-7-22(20)28-25(30)10-5-17-29-23-8-3-4-9-24(23)33-26(29)31/h1-4,6-9,11-14H,5,10,15,17-18H2,(H,28,30). The zero-order chi connectivity index (χ0) is 23.0. The Balaban J connectivity index is 1.32. The number of fused-ring (bicyclic) bond motifs is 1. The zero-order valence-electron chi connectivity index (χ0n) is 18.0. The highest BCUT2D eigenvalue weighted by Crippen LogP contribution is 2.20. The minimum atomic E-state index is -0.417. The summed E-state index contributed by atoms with van der Waals surface area (Å²) in [5, 5.41) is 11.7. The molecule has 0 bridgehead atoms. The van der Waals surface area contributed by atoms with Gasteiger partial charge in [0, 0.05) is 24.2 Å². The lowest BCUT2D eigenvalue weighted by molar-refractivity contribution is -0.116. The molecule has 0 aliphatic rings. The number of nitrogens with zero attached hydrogens (tertiary/aromatic N) is 2. The van der Waals surface area contributed by atoms with Crippen molar-refractivity contribution in [3.8, 4) is 11.8 Å². The largest absolute Gasteiger partial charge is 0.489 e. The summed E-state index contributed by atoms with van der Waals surface area (Å²) >= 11 is 0. The number of benzene rings is 3. The first-order valence-electron chi connectivity index (χ1n) is 10.7. The molecular weight excluding hydrogens is 418 g/mol. The Hall–Kier alpha value is -4.31. The van der Waals surface area contributed by atoms with Gasteiger partial charge in [-0.3, -0.25) is 9.36 Å². The predicted octanol–water partition coefficient (Wildman–Crippen LogP) is 4.66. The Kier molecular flexibility index (Phi) is 6.86. The summed E-state index contributed by atoms with van der Waals surface area (Å²) in [5.41, 5.74) is 3.74. The minimum absolute atomic E-state index is 0.135. The SMILES string of the molecule is N#CCc1ccc(OCc2ccccc2NC(=O)CCCn2c(=O)oc3ccccc32)cc1. The fourth-order valence-electron chi connectivity index (χ4n) is 3.56. The maximum absolute atomic E-state index is 12.5. The molecule has 0 saturated carbocycles. The summed E-state index contributed by atoms with van der Waals surface area (Å²) < 4.78 is 12.6. The Morgan fingerprint density at radius 1 is 1.03 bits per heavy atom. The summed E-state index contributed by atoms with van der Waals surface area (Å²) in [5.74, 6) is 0.138. The van der Waals surface area contributed by atoms with Gasteiger partial charge in [-0.2, -0.15) is 5.26 Å². The van der Waals surface area contributed by atoms with Crippen molar-refractivity contribution < 1.29 is 13.9 Å². The van der Waals surface area contributed by atoms with E-state index in [0.717, 1.165) is 16.6 Å². The Morgan fingerprint density at radius 3 is 2.61 bits per heavy atom. The van der Waals surface area contributed by atoms with E-state index in [0.29, 0.717) is 43.0 Å². The molecule has 1 N–H and O–H groups in total. The lowest BCUT2D eigenvalue weighted by Crippen LogP contribution is -2.17. The number of hydrogen-bond donors (Lipinski definition) is 1. The van der Waals surface area contributed by atoms with E-state index in [-0.39, 0.29) is 12.3 Å². The number of carbonyl (C=O) groups excluding carboxylic acids is 1. The smallest absolute Gasteiger partial charge is 0.419 e. The van der Waals surface area contributed by atoms with Gasteiger partial charge in [0.15, 0.2) is 5.58 Å². The molecule has 1 aromatic heterocycles. The molecular formula is C26H23N3O4. The third kappa shape index (κ3) is 5.49. The van der Waals surface area contributed by atoms with Crippen LogP contribution in [-0.2, 0) is 24.4 Å². The van der Waals surface area contributed by atoms with Crippen LogP contribution in [0.5, 0.6) is 5.75 Å². The van der Waals surface area contributed by atoms with E-state index in [1.165, 1.54) is 0 Å². The van der Waals surface area contributed by atoms with Crippen LogP contribution >= 0.6 is 0 Å². The van der Waals surface area contributed by atoms with Crippen molar-refractivity contribution in [2.75, 3.05) is 5.32 Å². The molecule has 3 aromatic carbocycles. The molecule has 0 aliphatic heterocycles. The summed E-state index contributed by atoms with van der Waals surface area (Å²) in [6.45, 7) is 0.695. The number of amides is 1. The van der Waals surface area contributed by atoms with Crippen LogP contribution in [-0.4, -0.2) is 10.5 Å². The summed E-state index contributed by atoms with van der Waals surface area (Å²) in [7, 11) is 0. The lowest BCUT2D eigenvalue weighted by atomic mass is 10.1. The van der Waals surface area contributed by atoms with Gasteiger partial charge in [-0.25, -0.2) is 4.79 Å². The van der Waals surface area contributed by atoms with Gasteiger partial charge in [-0.05, 0) is 42.3 Å². The van der Waals surface area contributed by atoms with Crippen molar-refractivity contribution in [3.63, 3.8) is 0 Å². The molecule has 0 spiro atoms. The molecule has 1 heterocycles. The first-order chi connectivity index (χ1) is 16.1. The van der Waals surface area contributed by atoms with Gasteiger partial charge in [0.05, 0.1) is 18.0 Å². The van der Waals surface area contributed by atoms with Gasteiger partial charge in [0.2, 0.25) is 5.91 Å². The molecule has 0 atom stereocenters. The highest BCUT2D eigenvalue weighted by molar-refractivity contribution is 5.91. The monoisotopic (exact) mass is 441 g/mol. The van der Waals surface area contributed by atoms with E-state index in [9.17, 15) is 9.59 Å². The lowest BCUT2D eigenvalue weighted by Gasteiger charge is -2.12. The van der Waals surface area contributed by atoms with Crippen LogP contribution in [0.25, 0.3) is 11.1 Å². The number of ether oxygens (including phenoxy) is 1. The molecule has 4 rings (SSSR count). The Bertz CT molecular complexity index is 1350. The number of aryl methyl sites for hydroxylation is 1. The maximum atomic E-state index is 12.5. The van der Waals surface area contributed by atoms with Crippen molar-refractivity contribution in [2.24, 2.45) is 0 Å². The topological polar surface area (TPSA) is 97.3 Å². The Labute approximate surface area is 190 Å². The molecule has 0 fully saturated rings. The number of nitriles is 1. The average Bonchev–Trinajstić information content (AvgIpc) is 3.15. The van der Waals surface area contributed by atoms with Crippen LogP contribution in [0.15, 0.2) is 82.0 Å². The van der Waals surface area contributed by atoms with Gasteiger partial charge < -0.3 is 14.5 Å². The first-order valence-corrected chi connectivity index (χ1v) is 10.7. The number of rotatable bonds is 9. The highest BCUT2D eigenvalue weighted by Gasteiger charge is 2.11. The van der Waals surface area contributed by atoms with E-state index in [1.807, 2.05) is 66.7 Å². The molecule has 0 unspecified atom stereocenters. The molecule has 7 heteroatoms. The van der Waals surface area contributed by atoms with Crippen molar-refractivity contribution >= 4 is 22.7 Å². The van der Waals surface area contributed by atoms with Crippen molar-refractivity contribution in [1.82, 2.24) is 4.57 Å². The zero-order valence-corrected chi connectivity index (χ0v) is 18.0. The third-order valence-electron chi connectivity index (χ3n) is 5.25. The van der Waals surface area contributed by atoms with E-state index in [1.54, 1.807) is 10.6 Å². The number of aromatic nitrogens is 1. The second-order valence-electron chi connectivity index (χ2n) is 7.56. The van der Waals surface area contributed by atoms with Crippen LogP contribution in [0, 0.1) is 11.3 Å². The van der Waals surface area contributed by atoms with E-state index >= 15 is 0 Å². The Morgan fingerprint density at radius 2 is 1.79 bits per heavy atom. The first kappa shape index (κ1) is 21.9. The summed E-state index contributed by atoms with van der Waals surface area (Å²) in [6, 6.07) is 24.2. The van der Waals surface area contributed by atoms with Gasteiger partial charge in [-0.15, -0.1) is 0 Å². The van der Waals surface area contributed by atoms with E-state index < -0.39 is 5.76 Å². The normalized spacial score (nSPS) is 10.6. The quantitative estimate of drug-likeness (QED) is 0.407. The second-order valence-corrected chi connectivity index (χ2v) is 7.56. The summed E-state index contributed by atoms with van der Waals surface area (Å²) in [4.78, 5) is 24.6. The van der Waals surface area contributed by atoms with Crippen LogP contribution in [0.2, 0.25) is 0 Å². The number of carbonyl (C=O) groups is 1. The molecule has 4 aromatic rings. The van der Waals surface area contributed by atoms with E-state index in [4.69, 9.17) is 14.4 Å². The molecule has 1 amide bonds. The average molecular weight is 441 g/mol. The van der Waals surface area contributed by atoms with Crippen LogP contribution < -0.4 is 15.8 Å². The molecule has 166 valence electrons. The number of para-hydroxylation sites is 3. The molecule has 7 nitrogen and oxygen atoms in total. The van der Waals surface area contributed by atoms with Crippen LogP contribution in [0.3, 0.4) is 0 Å². The fourth-order valence-corrected chi connectivity index (χ4v) is 3.56. The van der Waals surface area contributed by atoms with Crippen molar-refractivity contribution in [2.45, 2.75) is 32.4 Å². The summed E-state index contributed by atoms with van der Waals surface area (Å²) in [6.07, 6.45) is 1.13. The molecule has 0 radical (unpaired) electrons. The van der Waals surface area contributed by atoms with E-state index in [2.05, 4.69) is 11.4 Å². The number of hydrogen-bond acceptors (Lipinski definition) is 5. The highest BCUT2D eigenvalue weighted by atomic mass is 16.5. The van der Waals surface area contributed by atoms with Gasteiger partial charge in [0.1, 0.15) is 12.4 Å². The van der Waals surface area contributed by atoms with Crippen LogP contribution in [0.4, 0.5) is 5.69 Å². The number of anilines is 1. The second kappa shape index (κ2) is 10.3.